The van der Waals surface area contributed by atoms with Crippen molar-refractivity contribution in [3.8, 4) is 0 Å². The molecule has 5 nitrogen and oxygen atoms in total. The number of aromatic nitrogens is 1. The van der Waals surface area contributed by atoms with Crippen LogP contribution in [0.15, 0.2) is 24.9 Å². The molecule has 1 aromatic heterocycles. The van der Waals surface area contributed by atoms with E-state index in [1.54, 1.807) is 6.08 Å². The minimum atomic E-state index is -0.458. The van der Waals surface area contributed by atoms with Crippen LogP contribution in [-0.4, -0.2) is 9.91 Å². The molecule has 1 aromatic rings. The van der Waals surface area contributed by atoms with Crippen LogP contribution in [0.1, 0.15) is 18.2 Å². The second-order valence-electron chi connectivity index (χ2n) is 2.70. The smallest absolute Gasteiger partial charge is 0.287 e. The number of hydrogen-bond donors (Lipinski definition) is 2. The van der Waals surface area contributed by atoms with Gasteiger partial charge in [0, 0.05) is 17.8 Å². The van der Waals surface area contributed by atoms with Crippen LogP contribution in [-0.2, 0) is 0 Å². The number of aromatic amines is 1. The Hall–Kier alpha value is -1.62. The Labute approximate surface area is 75.4 Å². The summed E-state index contributed by atoms with van der Waals surface area (Å²) in [6.45, 7) is 3.54. The van der Waals surface area contributed by atoms with Gasteiger partial charge in [-0.1, -0.05) is 6.08 Å². The second kappa shape index (κ2) is 3.86. The van der Waals surface area contributed by atoms with E-state index >= 15 is 0 Å². The van der Waals surface area contributed by atoms with Gasteiger partial charge >= 0.3 is 0 Å². The van der Waals surface area contributed by atoms with E-state index in [-0.39, 0.29) is 11.7 Å². The van der Waals surface area contributed by atoms with Crippen molar-refractivity contribution in [2.75, 3.05) is 0 Å². The third-order valence-electron chi connectivity index (χ3n) is 1.72. The summed E-state index contributed by atoms with van der Waals surface area (Å²) in [5, 5.41) is 10.3. The van der Waals surface area contributed by atoms with Gasteiger partial charge in [0.05, 0.1) is 11.1 Å². The molecule has 0 fully saturated rings. The first-order valence-electron chi connectivity index (χ1n) is 3.84. The molecule has 0 amide bonds. The van der Waals surface area contributed by atoms with Gasteiger partial charge in [-0.3, -0.25) is 10.1 Å². The highest BCUT2D eigenvalue weighted by molar-refractivity contribution is 5.31. The van der Waals surface area contributed by atoms with Crippen LogP contribution in [0, 0.1) is 10.1 Å². The summed E-state index contributed by atoms with van der Waals surface area (Å²) in [7, 11) is 0. The van der Waals surface area contributed by atoms with Gasteiger partial charge in [0.25, 0.3) is 5.69 Å². The summed E-state index contributed by atoms with van der Waals surface area (Å²) in [6.07, 6.45) is 3.60. The average molecular weight is 181 g/mol. The summed E-state index contributed by atoms with van der Waals surface area (Å²) in [5.41, 5.74) is 6.39. The van der Waals surface area contributed by atoms with Crippen molar-refractivity contribution >= 4 is 5.69 Å². The van der Waals surface area contributed by atoms with Crippen LogP contribution >= 0.6 is 0 Å². The maximum absolute atomic E-state index is 10.3. The molecule has 0 aliphatic carbocycles. The second-order valence-corrected chi connectivity index (χ2v) is 2.70. The van der Waals surface area contributed by atoms with Crippen LogP contribution in [0.25, 0.3) is 0 Å². The summed E-state index contributed by atoms with van der Waals surface area (Å²) in [5.74, 6) is 0. The highest BCUT2D eigenvalue weighted by Crippen LogP contribution is 2.18. The van der Waals surface area contributed by atoms with E-state index in [0.29, 0.717) is 12.1 Å². The maximum Gasteiger partial charge on any atom is 0.287 e. The molecule has 5 heteroatoms. The molecular formula is C8H11N3O2. The fourth-order valence-corrected chi connectivity index (χ4v) is 1.03. The average Bonchev–Trinajstić information content (AvgIpc) is 2.52. The van der Waals surface area contributed by atoms with Crippen molar-refractivity contribution in [1.29, 1.82) is 0 Å². The molecule has 3 N–H and O–H groups in total. The van der Waals surface area contributed by atoms with Gasteiger partial charge in [-0.2, -0.15) is 0 Å². The van der Waals surface area contributed by atoms with Crippen LogP contribution < -0.4 is 5.73 Å². The lowest BCUT2D eigenvalue weighted by Gasteiger charge is -2.04. The summed E-state index contributed by atoms with van der Waals surface area (Å²) >= 11 is 0. The normalized spacial score (nSPS) is 12.4. The van der Waals surface area contributed by atoms with Crippen LogP contribution in [0.4, 0.5) is 5.69 Å². The number of nitrogens with zero attached hydrogens (tertiary/aromatic N) is 1. The Bertz CT molecular complexity index is 319. The highest BCUT2D eigenvalue weighted by atomic mass is 16.6. The molecule has 0 spiro atoms. The Morgan fingerprint density at radius 1 is 1.85 bits per heavy atom. The number of nitrogens with one attached hydrogen (secondary N) is 1. The summed E-state index contributed by atoms with van der Waals surface area (Å²) < 4.78 is 0. The van der Waals surface area contributed by atoms with Gasteiger partial charge in [-0.15, -0.1) is 6.58 Å². The first-order valence-corrected chi connectivity index (χ1v) is 3.84. The van der Waals surface area contributed by atoms with Crippen LogP contribution in [0.5, 0.6) is 0 Å². The van der Waals surface area contributed by atoms with Crippen molar-refractivity contribution in [2.45, 2.75) is 12.5 Å². The Kier molecular flexibility index (Phi) is 2.81. The van der Waals surface area contributed by atoms with Crippen molar-refractivity contribution in [2.24, 2.45) is 5.73 Å². The molecule has 0 radical (unpaired) electrons. The molecule has 0 aliphatic rings. The zero-order valence-corrected chi connectivity index (χ0v) is 7.06. The van der Waals surface area contributed by atoms with E-state index in [1.807, 2.05) is 0 Å². The summed E-state index contributed by atoms with van der Waals surface area (Å²) in [6, 6.07) is 1.19. The molecule has 0 bridgehead atoms. The third-order valence-corrected chi connectivity index (χ3v) is 1.72. The predicted molar refractivity (Wildman–Crippen MR) is 49.2 cm³/mol. The minimum Gasteiger partial charge on any atom is -0.358 e. The number of rotatable bonds is 4. The quantitative estimate of drug-likeness (QED) is 0.419. The Morgan fingerprint density at radius 2 is 2.54 bits per heavy atom. The van der Waals surface area contributed by atoms with Gasteiger partial charge in [0.15, 0.2) is 0 Å². The maximum atomic E-state index is 10.3. The lowest BCUT2D eigenvalue weighted by Crippen LogP contribution is -2.08. The first-order chi connectivity index (χ1) is 6.15. The van der Waals surface area contributed by atoms with Crippen molar-refractivity contribution in [3.63, 3.8) is 0 Å². The molecule has 1 unspecified atom stereocenters. The van der Waals surface area contributed by atoms with E-state index in [9.17, 15) is 10.1 Å². The lowest BCUT2D eigenvalue weighted by atomic mass is 10.1. The van der Waals surface area contributed by atoms with Gasteiger partial charge in [-0.25, -0.2) is 0 Å². The lowest BCUT2D eigenvalue weighted by molar-refractivity contribution is -0.384. The standard InChI is InChI=1S/C8H11N3O2/c1-2-3-7(9)8-4-6(5-10-8)11(12)13/h2,4-5,7,10H,1,3,9H2. The number of nitrogens with two attached hydrogens (primary N) is 1. The molecule has 0 aliphatic heterocycles. The molecule has 1 heterocycles. The molecular weight excluding hydrogens is 170 g/mol. The van der Waals surface area contributed by atoms with E-state index < -0.39 is 4.92 Å². The first kappa shape index (κ1) is 9.47. The number of hydrogen-bond acceptors (Lipinski definition) is 3. The molecule has 70 valence electrons. The van der Waals surface area contributed by atoms with Crippen LogP contribution in [0.3, 0.4) is 0 Å². The summed E-state index contributed by atoms with van der Waals surface area (Å²) in [4.78, 5) is 12.6. The zero-order valence-electron chi connectivity index (χ0n) is 7.06. The topological polar surface area (TPSA) is 84.9 Å². The zero-order chi connectivity index (χ0) is 9.84. The fraction of sp³-hybridized carbons (Fsp3) is 0.250. The highest BCUT2D eigenvalue weighted by Gasteiger charge is 2.12. The van der Waals surface area contributed by atoms with Gasteiger partial charge in [0.1, 0.15) is 0 Å². The molecule has 0 saturated carbocycles. The molecule has 13 heavy (non-hydrogen) atoms. The van der Waals surface area contributed by atoms with Crippen molar-refractivity contribution in [3.05, 3.63) is 40.7 Å². The van der Waals surface area contributed by atoms with Gasteiger partial charge in [-0.05, 0) is 6.42 Å². The van der Waals surface area contributed by atoms with E-state index in [0.717, 1.165) is 0 Å². The molecule has 0 saturated heterocycles. The molecule has 1 atom stereocenters. The Balaban J connectivity index is 2.78. The Morgan fingerprint density at radius 3 is 3.00 bits per heavy atom. The molecule has 0 aromatic carbocycles. The van der Waals surface area contributed by atoms with E-state index in [2.05, 4.69) is 11.6 Å². The van der Waals surface area contributed by atoms with E-state index in [1.165, 1.54) is 12.3 Å². The predicted octanol–water partition coefficient (Wildman–Crippen LogP) is 1.50. The van der Waals surface area contributed by atoms with Gasteiger partial charge in [0.2, 0.25) is 0 Å². The monoisotopic (exact) mass is 181 g/mol. The third kappa shape index (κ3) is 2.16. The van der Waals surface area contributed by atoms with Crippen molar-refractivity contribution < 1.29 is 4.92 Å². The SMILES string of the molecule is C=CCC(N)c1cc([N+](=O)[O-])c[nH]1. The number of nitro groups is 1. The largest absolute Gasteiger partial charge is 0.358 e. The fourth-order valence-electron chi connectivity index (χ4n) is 1.03. The van der Waals surface area contributed by atoms with E-state index in [4.69, 9.17) is 5.73 Å². The molecule has 1 rings (SSSR count). The number of H-pyrrole nitrogens is 1. The van der Waals surface area contributed by atoms with Crippen LogP contribution in [0.2, 0.25) is 0 Å². The van der Waals surface area contributed by atoms with Gasteiger partial charge < -0.3 is 10.7 Å². The minimum absolute atomic E-state index is 0.0366. The van der Waals surface area contributed by atoms with Crippen molar-refractivity contribution in [1.82, 2.24) is 4.98 Å².